The van der Waals surface area contributed by atoms with Gasteiger partial charge in [-0.3, -0.25) is 0 Å². The van der Waals surface area contributed by atoms with Crippen molar-refractivity contribution < 1.29 is 9.47 Å². The zero-order valence-corrected chi connectivity index (χ0v) is 12.0. The summed E-state index contributed by atoms with van der Waals surface area (Å²) in [5, 5.41) is 0. The third-order valence-corrected chi connectivity index (χ3v) is 2.99. The maximum Gasteiger partial charge on any atom is 0.148 e. The first-order valence-corrected chi connectivity index (χ1v) is 6.51. The molecule has 102 valence electrons. The first kappa shape index (κ1) is 15.3. The first-order chi connectivity index (χ1) is 9.10. The van der Waals surface area contributed by atoms with Gasteiger partial charge in [0, 0.05) is 13.0 Å². The maximum atomic E-state index is 5.73. The predicted octanol–water partition coefficient (Wildman–Crippen LogP) is 3.53. The number of terminal acetylenes is 1. The summed E-state index contributed by atoms with van der Waals surface area (Å²) in [6.07, 6.45) is 6.02. The van der Waals surface area contributed by atoms with Crippen molar-refractivity contribution >= 4 is 0 Å². The van der Waals surface area contributed by atoms with E-state index in [1.54, 1.807) is 0 Å². The highest BCUT2D eigenvalue weighted by molar-refractivity contribution is 5.41. The monoisotopic (exact) mass is 258 g/mol. The number of aryl methyl sites for hydroxylation is 1. The lowest BCUT2D eigenvalue weighted by molar-refractivity contribution is 0.0882. The molecule has 1 aromatic rings. The average Bonchev–Trinajstić information content (AvgIpc) is 2.38. The Balaban J connectivity index is 2.97. The third kappa shape index (κ3) is 4.46. The molecular formula is C17H22O2. The van der Waals surface area contributed by atoms with E-state index in [1.807, 2.05) is 26.0 Å². The molecule has 0 fully saturated rings. The van der Waals surface area contributed by atoms with Gasteiger partial charge in [-0.15, -0.1) is 6.42 Å². The molecule has 0 N–H and O–H groups in total. The van der Waals surface area contributed by atoms with E-state index in [-0.39, 0.29) is 12.7 Å². The van der Waals surface area contributed by atoms with Crippen molar-refractivity contribution in [3.63, 3.8) is 0 Å². The van der Waals surface area contributed by atoms with Crippen molar-refractivity contribution in [3.05, 3.63) is 41.5 Å². The molecule has 0 saturated carbocycles. The lowest BCUT2D eigenvalue weighted by atomic mass is 9.98. The van der Waals surface area contributed by atoms with Crippen molar-refractivity contribution in [1.29, 1.82) is 0 Å². The SMILES string of the molecule is C#CCOc1cccc(C)c1CC(OCC)C(=C)C. The molecule has 2 nitrogen and oxygen atoms in total. The fourth-order valence-electron chi connectivity index (χ4n) is 1.95. The van der Waals surface area contributed by atoms with Crippen LogP contribution in [0.1, 0.15) is 25.0 Å². The molecular weight excluding hydrogens is 236 g/mol. The fraction of sp³-hybridized carbons (Fsp3) is 0.412. The minimum atomic E-state index is 0.0132. The van der Waals surface area contributed by atoms with Gasteiger partial charge in [0.15, 0.2) is 0 Å². The second-order valence-electron chi connectivity index (χ2n) is 4.54. The highest BCUT2D eigenvalue weighted by atomic mass is 16.5. The van der Waals surface area contributed by atoms with Gasteiger partial charge in [0.2, 0.25) is 0 Å². The van der Waals surface area contributed by atoms with Gasteiger partial charge in [-0.1, -0.05) is 30.2 Å². The van der Waals surface area contributed by atoms with Crippen molar-refractivity contribution in [2.45, 2.75) is 33.3 Å². The highest BCUT2D eigenvalue weighted by Crippen LogP contribution is 2.25. The maximum absolute atomic E-state index is 5.73. The molecule has 0 aromatic heterocycles. The number of hydrogen-bond acceptors (Lipinski definition) is 2. The van der Waals surface area contributed by atoms with Gasteiger partial charge in [-0.05, 0) is 38.0 Å². The second kappa shape index (κ2) is 7.66. The van der Waals surface area contributed by atoms with Gasteiger partial charge < -0.3 is 9.47 Å². The van der Waals surface area contributed by atoms with E-state index in [0.29, 0.717) is 6.61 Å². The van der Waals surface area contributed by atoms with Gasteiger partial charge in [0.1, 0.15) is 12.4 Å². The Bertz CT molecular complexity index is 469. The minimum Gasteiger partial charge on any atom is -0.481 e. The number of rotatable bonds is 7. The predicted molar refractivity (Wildman–Crippen MR) is 79.4 cm³/mol. The quantitative estimate of drug-likeness (QED) is 0.550. The van der Waals surface area contributed by atoms with E-state index in [9.17, 15) is 0 Å². The van der Waals surface area contributed by atoms with Crippen LogP contribution >= 0.6 is 0 Å². The topological polar surface area (TPSA) is 18.5 Å². The summed E-state index contributed by atoms with van der Waals surface area (Å²) in [4.78, 5) is 0. The van der Waals surface area contributed by atoms with Crippen LogP contribution in [0.3, 0.4) is 0 Å². The molecule has 0 saturated heterocycles. The number of benzene rings is 1. The van der Waals surface area contributed by atoms with Crippen LogP contribution in [0.2, 0.25) is 0 Å². The van der Waals surface area contributed by atoms with Crippen molar-refractivity contribution in [1.82, 2.24) is 0 Å². The Labute approximate surface area is 116 Å². The van der Waals surface area contributed by atoms with Gasteiger partial charge in [-0.2, -0.15) is 0 Å². The van der Waals surface area contributed by atoms with E-state index in [2.05, 4.69) is 25.5 Å². The molecule has 1 rings (SSSR count). The molecule has 0 spiro atoms. The molecule has 0 aliphatic heterocycles. The summed E-state index contributed by atoms with van der Waals surface area (Å²) in [6.45, 7) is 11.0. The first-order valence-electron chi connectivity index (χ1n) is 6.51. The summed E-state index contributed by atoms with van der Waals surface area (Å²) < 4.78 is 11.3. The van der Waals surface area contributed by atoms with Crippen LogP contribution in [0.25, 0.3) is 0 Å². The van der Waals surface area contributed by atoms with Crippen molar-refractivity contribution in [3.8, 4) is 18.1 Å². The molecule has 1 atom stereocenters. The van der Waals surface area contributed by atoms with Gasteiger partial charge in [-0.25, -0.2) is 0 Å². The Morgan fingerprint density at radius 2 is 2.21 bits per heavy atom. The van der Waals surface area contributed by atoms with E-state index in [1.165, 1.54) is 5.56 Å². The fourth-order valence-corrected chi connectivity index (χ4v) is 1.95. The number of hydrogen-bond donors (Lipinski definition) is 0. The van der Waals surface area contributed by atoms with Crippen molar-refractivity contribution in [2.75, 3.05) is 13.2 Å². The molecule has 0 amide bonds. The summed E-state index contributed by atoms with van der Waals surface area (Å²) in [6, 6.07) is 5.99. The van der Waals surface area contributed by atoms with Crippen LogP contribution in [0.15, 0.2) is 30.4 Å². The zero-order valence-electron chi connectivity index (χ0n) is 12.0. The van der Waals surface area contributed by atoms with Gasteiger partial charge >= 0.3 is 0 Å². The van der Waals surface area contributed by atoms with Crippen LogP contribution in [-0.4, -0.2) is 19.3 Å². The Hall–Kier alpha value is -1.72. The number of ether oxygens (including phenoxy) is 2. The van der Waals surface area contributed by atoms with Crippen molar-refractivity contribution in [2.24, 2.45) is 0 Å². The van der Waals surface area contributed by atoms with Crippen LogP contribution in [0.4, 0.5) is 0 Å². The summed E-state index contributed by atoms with van der Waals surface area (Å²) in [7, 11) is 0. The van der Waals surface area contributed by atoms with Gasteiger partial charge in [0.25, 0.3) is 0 Å². The van der Waals surface area contributed by atoms with E-state index in [0.717, 1.165) is 23.3 Å². The molecule has 0 radical (unpaired) electrons. The highest BCUT2D eigenvalue weighted by Gasteiger charge is 2.15. The lowest BCUT2D eigenvalue weighted by Gasteiger charge is -2.20. The zero-order chi connectivity index (χ0) is 14.3. The Kier molecular flexibility index (Phi) is 6.18. The molecule has 0 bridgehead atoms. The lowest BCUT2D eigenvalue weighted by Crippen LogP contribution is -2.18. The molecule has 0 heterocycles. The molecule has 2 heteroatoms. The van der Waals surface area contributed by atoms with Crippen LogP contribution in [0, 0.1) is 19.3 Å². The van der Waals surface area contributed by atoms with Crippen LogP contribution in [0.5, 0.6) is 5.75 Å². The average molecular weight is 258 g/mol. The molecule has 0 aliphatic carbocycles. The van der Waals surface area contributed by atoms with Crippen LogP contribution < -0.4 is 4.74 Å². The summed E-state index contributed by atoms with van der Waals surface area (Å²) in [5.74, 6) is 3.33. The molecule has 1 aromatic carbocycles. The van der Waals surface area contributed by atoms with E-state index < -0.39 is 0 Å². The van der Waals surface area contributed by atoms with E-state index in [4.69, 9.17) is 15.9 Å². The van der Waals surface area contributed by atoms with Gasteiger partial charge in [0.05, 0.1) is 6.10 Å². The Morgan fingerprint density at radius 1 is 1.47 bits per heavy atom. The second-order valence-corrected chi connectivity index (χ2v) is 4.54. The van der Waals surface area contributed by atoms with E-state index >= 15 is 0 Å². The smallest absolute Gasteiger partial charge is 0.148 e. The summed E-state index contributed by atoms with van der Waals surface area (Å²) in [5.41, 5.74) is 3.34. The normalized spacial score (nSPS) is 11.7. The summed E-state index contributed by atoms with van der Waals surface area (Å²) >= 11 is 0. The largest absolute Gasteiger partial charge is 0.481 e. The van der Waals surface area contributed by atoms with Crippen LogP contribution in [-0.2, 0) is 11.2 Å². The standard InChI is InChI=1S/C17H22O2/c1-6-11-19-16-10-8-9-14(5)15(16)12-17(13(3)4)18-7-2/h1,8-10,17H,3,7,11-12H2,2,4-5H3. The molecule has 0 aliphatic rings. The Morgan fingerprint density at radius 3 is 2.79 bits per heavy atom. The molecule has 19 heavy (non-hydrogen) atoms. The molecule has 1 unspecified atom stereocenters. The minimum absolute atomic E-state index is 0.0132. The third-order valence-electron chi connectivity index (χ3n) is 2.99.